The number of nitrogens with one attached hydrogen (secondary N) is 2. The predicted molar refractivity (Wildman–Crippen MR) is 81.8 cm³/mol. The largest absolute Gasteiger partial charge is 0.336 e. The number of aromatic amines is 1. The van der Waals surface area contributed by atoms with Gasteiger partial charge in [0.15, 0.2) is 11.5 Å². The minimum Gasteiger partial charge on any atom is -0.336 e. The van der Waals surface area contributed by atoms with Crippen molar-refractivity contribution in [3.8, 4) is 0 Å². The van der Waals surface area contributed by atoms with Crippen LogP contribution in [-0.4, -0.2) is 31.5 Å². The molecule has 0 aliphatic carbocycles. The van der Waals surface area contributed by atoms with E-state index in [0.29, 0.717) is 4.60 Å². The highest BCUT2D eigenvalue weighted by Gasteiger charge is 2.24. The standard InChI is InChI=1S/C14H10BrFN6O/c15-10-7-6-9(16)12(17-10)14(23)18-11(13-19-21-22-20-13)8-4-2-1-3-5-8/h1-7,11H,(H,18,23)(H,19,20,21,22). The number of benzene rings is 1. The summed E-state index contributed by atoms with van der Waals surface area (Å²) in [5.74, 6) is -1.13. The minimum absolute atomic E-state index is 0.264. The van der Waals surface area contributed by atoms with Crippen LogP contribution in [0.25, 0.3) is 0 Å². The zero-order valence-electron chi connectivity index (χ0n) is 11.6. The highest BCUT2D eigenvalue weighted by molar-refractivity contribution is 9.10. The van der Waals surface area contributed by atoms with Crippen LogP contribution >= 0.6 is 15.9 Å². The maximum Gasteiger partial charge on any atom is 0.273 e. The summed E-state index contributed by atoms with van der Waals surface area (Å²) in [6, 6.07) is 11.0. The van der Waals surface area contributed by atoms with Crippen LogP contribution in [0.3, 0.4) is 0 Å². The van der Waals surface area contributed by atoms with E-state index in [0.717, 1.165) is 11.6 Å². The van der Waals surface area contributed by atoms with Gasteiger partial charge in [0.1, 0.15) is 10.6 Å². The molecule has 1 aromatic carbocycles. The second kappa shape index (κ2) is 6.61. The first-order valence-electron chi connectivity index (χ1n) is 6.56. The van der Waals surface area contributed by atoms with E-state index in [1.807, 2.05) is 18.2 Å². The van der Waals surface area contributed by atoms with Gasteiger partial charge in [0, 0.05) is 0 Å². The Kier molecular flexibility index (Phi) is 4.38. The van der Waals surface area contributed by atoms with Gasteiger partial charge < -0.3 is 5.32 Å². The average Bonchev–Trinajstić information content (AvgIpc) is 3.09. The summed E-state index contributed by atoms with van der Waals surface area (Å²) in [7, 11) is 0. The van der Waals surface area contributed by atoms with Crippen molar-refractivity contribution in [3.05, 3.63) is 70.0 Å². The molecule has 0 bridgehead atoms. The molecule has 1 amide bonds. The van der Waals surface area contributed by atoms with Gasteiger partial charge in [-0.05, 0) is 33.6 Å². The smallest absolute Gasteiger partial charge is 0.273 e. The molecule has 9 heteroatoms. The Morgan fingerprint density at radius 3 is 2.70 bits per heavy atom. The van der Waals surface area contributed by atoms with E-state index in [-0.39, 0.29) is 11.5 Å². The van der Waals surface area contributed by atoms with Crippen LogP contribution in [-0.2, 0) is 0 Å². The third-order valence-electron chi connectivity index (χ3n) is 3.06. The van der Waals surface area contributed by atoms with Gasteiger partial charge in [0.25, 0.3) is 5.91 Å². The average molecular weight is 377 g/mol. The van der Waals surface area contributed by atoms with Crippen molar-refractivity contribution in [3.63, 3.8) is 0 Å². The second-order valence-corrected chi connectivity index (χ2v) is 5.36. The third-order valence-corrected chi connectivity index (χ3v) is 3.50. The minimum atomic E-state index is -0.717. The molecule has 7 nitrogen and oxygen atoms in total. The molecule has 3 rings (SSSR count). The van der Waals surface area contributed by atoms with Crippen molar-refractivity contribution in [1.29, 1.82) is 0 Å². The zero-order chi connectivity index (χ0) is 16.2. The fourth-order valence-electron chi connectivity index (χ4n) is 2.01. The van der Waals surface area contributed by atoms with Crippen LogP contribution in [0, 0.1) is 5.82 Å². The Hall–Kier alpha value is -2.68. The molecule has 2 aromatic heterocycles. The summed E-state index contributed by atoms with van der Waals surface area (Å²) in [6.07, 6.45) is 0. The molecule has 1 unspecified atom stereocenters. The van der Waals surface area contributed by atoms with Crippen molar-refractivity contribution < 1.29 is 9.18 Å². The molecule has 3 aromatic rings. The van der Waals surface area contributed by atoms with E-state index in [4.69, 9.17) is 0 Å². The van der Waals surface area contributed by atoms with Gasteiger partial charge in [-0.1, -0.05) is 35.5 Å². The van der Waals surface area contributed by atoms with Crippen molar-refractivity contribution in [1.82, 2.24) is 30.9 Å². The maximum absolute atomic E-state index is 13.8. The van der Waals surface area contributed by atoms with Crippen LogP contribution in [0.15, 0.2) is 47.1 Å². The number of pyridine rings is 1. The number of tetrazole rings is 1. The Labute approximate surface area is 138 Å². The van der Waals surface area contributed by atoms with Crippen molar-refractivity contribution >= 4 is 21.8 Å². The molecule has 0 fully saturated rings. The van der Waals surface area contributed by atoms with Crippen LogP contribution in [0.4, 0.5) is 4.39 Å². The molecule has 23 heavy (non-hydrogen) atoms. The molecule has 2 N–H and O–H groups in total. The first-order chi connectivity index (χ1) is 11.1. The maximum atomic E-state index is 13.8. The molecule has 0 saturated heterocycles. The van der Waals surface area contributed by atoms with E-state index >= 15 is 0 Å². The van der Waals surface area contributed by atoms with Gasteiger partial charge in [0.2, 0.25) is 5.82 Å². The number of H-pyrrole nitrogens is 1. The summed E-state index contributed by atoms with van der Waals surface area (Å²) in [5.41, 5.74) is 0.418. The number of hydrogen-bond acceptors (Lipinski definition) is 5. The van der Waals surface area contributed by atoms with Gasteiger partial charge in [0.05, 0.1) is 0 Å². The normalized spacial score (nSPS) is 11.9. The number of nitrogens with zero attached hydrogens (tertiary/aromatic N) is 4. The van der Waals surface area contributed by atoms with Crippen LogP contribution in [0.5, 0.6) is 0 Å². The topological polar surface area (TPSA) is 96.5 Å². The number of hydrogen-bond donors (Lipinski definition) is 2. The second-order valence-electron chi connectivity index (χ2n) is 4.55. The summed E-state index contributed by atoms with van der Waals surface area (Å²) >= 11 is 3.12. The lowest BCUT2D eigenvalue weighted by atomic mass is 10.1. The molecule has 2 heterocycles. The number of amides is 1. The molecule has 0 aliphatic rings. The molecular weight excluding hydrogens is 367 g/mol. The highest BCUT2D eigenvalue weighted by Crippen LogP contribution is 2.19. The van der Waals surface area contributed by atoms with Crippen LogP contribution in [0.2, 0.25) is 0 Å². The molecule has 0 aliphatic heterocycles. The molecule has 116 valence electrons. The van der Waals surface area contributed by atoms with Gasteiger partial charge in [-0.3, -0.25) is 4.79 Å². The lowest BCUT2D eigenvalue weighted by Gasteiger charge is -2.15. The van der Waals surface area contributed by atoms with Gasteiger partial charge in [-0.25, -0.2) is 9.37 Å². The summed E-state index contributed by atoms with van der Waals surface area (Å²) in [6.45, 7) is 0. The van der Waals surface area contributed by atoms with Crippen molar-refractivity contribution in [2.24, 2.45) is 0 Å². The SMILES string of the molecule is O=C(NC(c1ccccc1)c1nn[nH]n1)c1nc(Br)ccc1F. The lowest BCUT2D eigenvalue weighted by Crippen LogP contribution is -2.31. The number of halogens is 2. The number of carbonyl (C=O) groups is 1. The molecule has 0 saturated carbocycles. The van der Waals surface area contributed by atoms with E-state index in [1.165, 1.54) is 6.07 Å². The van der Waals surface area contributed by atoms with E-state index in [2.05, 4.69) is 46.9 Å². The first-order valence-corrected chi connectivity index (χ1v) is 7.35. The first kappa shape index (κ1) is 15.2. The van der Waals surface area contributed by atoms with Crippen LogP contribution < -0.4 is 5.32 Å². The number of carbonyl (C=O) groups excluding carboxylic acids is 1. The third kappa shape index (κ3) is 3.39. The summed E-state index contributed by atoms with van der Waals surface area (Å²) < 4.78 is 14.2. The van der Waals surface area contributed by atoms with Gasteiger partial charge in [-0.2, -0.15) is 5.21 Å². The Morgan fingerprint density at radius 1 is 1.22 bits per heavy atom. The predicted octanol–water partition coefficient (Wildman–Crippen LogP) is 2.02. The molecular formula is C14H10BrFN6O. The van der Waals surface area contributed by atoms with Gasteiger partial charge >= 0.3 is 0 Å². The summed E-state index contributed by atoms with van der Waals surface area (Å²) in [5, 5.41) is 16.3. The Morgan fingerprint density at radius 2 is 2.00 bits per heavy atom. The van der Waals surface area contributed by atoms with E-state index in [1.54, 1.807) is 12.1 Å². The van der Waals surface area contributed by atoms with E-state index < -0.39 is 17.8 Å². The Bertz CT molecular complexity index is 811. The monoisotopic (exact) mass is 376 g/mol. The molecule has 1 atom stereocenters. The number of aromatic nitrogens is 5. The fraction of sp³-hybridized carbons (Fsp3) is 0.0714. The molecule has 0 radical (unpaired) electrons. The Balaban J connectivity index is 1.93. The lowest BCUT2D eigenvalue weighted by molar-refractivity contribution is 0.0932. The van der Waals surface area contributed by atoms with Gasteiger partial charge in [-0.15, -0.1) is 10.2 Å². The van der Waals surface area contributed by atoms with Crippen molar-refractivity contribution in [2.45, 2.75) is 6.04 Å². The quantitative estimate of drug-likeness (QED) is 0.679. The van der Waals surface area contributed by atoms with Crippen molar-refractivity contribution in [2.75, 3.05) is 0 Å². The zero-order valence-corrected chi connectivity index (χ0v) is 13.2. The molecule has 0 spiro atoms. The number of rotatable bonds is 4. The van der Waals surface area contributed by atoms with E-state index in [9.17, 15) is 9.18 Å². The summed E-state index contributed by atoms with van der Waals surface area (Å²) in [4.78, 5) is 16.2. The van der Waals surface area contributed by atoms with Crippen LogP contribution in [0.1, 0.15) is 27.9 Å². The fourth-order valence-corrected chi connectivity index (χ4v) is 2.32. The highest BCUT2D eigenvalue weighted by atomic mass is 79.9.